The van der Waals surface area contributed by atoms with Crippen LogP contribution in [0.15, 0.2) is 48.5 Å². The van der Waals surface area contributed by atoms with E-state index in [0.717, 1.165) is 30.5 Å². The van der Waals surface area contributed by atoms with Crippen molar-refractivity contribution in [3.8, 4) is 0 Å². The highest BCUT2D eigenvalue weighted by atomic mass is 16.1. The first-order valence-electron chi connectivity index (χ1n) is 8.40. The number of aryl methyl sites for hydroxylation is 2. The molecule has 2 N–H and O–H groups in total. The van der Waals surface area contributed by atoms with E-state index in [9.17, 15) is 4.79 Å². The molecule has 0 bridgehead atoms. The normalized spacial score (nSPS) is 14.6. The molecule has 0 aliphatic heterocycles. The van der Waals surface area contributed by atoms with Gasteiger partial charge in [0, 0.05) is 5.56 Å². The standard InChI is InChI=1S/C20H24N2O/c1-22(2)14-19(16-7-4-3-5-8-16)21-20(23)18-12-11-15-9-6-10-17(15)13-18/h3-5,7-8,11-13,19H,6,9-10,14H2,1-2H3,(H,21,23)/p+1/t19-/m1/s1. The van der Waals surface area contributed by atoms with Gasteiger partial charge in [-0.1, -0.05) is 36.4 Å². The lowest BCUT2D eigenvalue weighted by molar-refractivity contribution is -0.860. The lowest BCUT2D eigenvalue weighted by atomic mass is 10.0. The van der Waals surface area contributed by atoms with E-state index in [1.807, 2.05) is 24.3 Å². The van der Waals surface area contributed by atoms with Gasteiger partial charge in [0.15, 0.2) is 0 Å². The van der Waals surface area contributed by atoms with Gasteiger partial charge in [-0.2, -0.15) is 0 Å². The van der Waals surface area contributed by atoms with Crippen molar-refractivity contribution in [3.63, 3.8) is 0 Å². The van der Waals surface area contributed by atoms with Crippen LogP contribution < -0.4 is 10.2 Å². The number of rotatable bonds is 5. The third kappa shape index (κ3) is 3.80. The van der Waals surface area contributed by atoms with Crippen molar-refractivity contribution in [2.45, 2.75) is 25.3 Å². The van der Waals surface area contributed by atoms with Crippen LogP contribution in [-0.4, -0.2) is 26.5 Å². The quantitative estimate of drug-likeness (QED) is 0.867. The first kappa shape index (κ1) is 15.8. The maximum Gasteiger partial charge on any atom is 0.251 e. The first-order valence-corrected chi connectivity index (χ1v) is 8.40. The number of carbonyl (C=O) groups excluding carboxylic acids is 1. The van der Waals surface area contributed by atoms with Crippen molar-refractivity contribution >= 4 is 5.91 Å². The molecule has 1 atom stereocenters. The maximum atomic E-state index is 12.7. The molecule has 120 valence electrons. The molecular formula is C20H25N2O+. The summed E-state index contributed by atoms with van der Waals surface area (Å²) in [6, 6.07) is 16.4. The third-order valence-corrected chi connectivity index (χ3v) is 4.48. The third-order valence-electron chi connectivity index (χ3n) is 4.48. The Labute approximate surface area is 138 Å². The van der Waals surface area contributed by atoms with Gasteiger partial charge in [0.1, 0.15) is 12.6 Å². The van der Waals surface area contributed by atoms with Crippen LogP contribution in [0.1, 0.15) is 39.5 Å². The Balaban J connectivity index is 1.78. The summed E-state index contributed by atoms with van der Waals surface area (Å²) >= 11 is 0. The number of amides is 1. The van der Waals surface area contributed by atoms with Gasteiger partial charge < -0.3 is 10.2 Å². The lowest BCUT2D eigenvalue weighted by Crippen LogP contribution is -3.06. The number of likely N-dealkylation sites (N-methyl/N-ethyl adjacent to an activating group) is 1. The second-order valence-electron chi connectivity index (χ2n) is 6.69. The molecule has 3 heteroatoms. The summed E-state index contributed by atoms with van der Waals surface area (Å²) in [4.78, 5) is 14.0. The minimum Gasteiger partial charge on any atom is -0.340 e. The average molecular weight is 309 g/mol. The molecule has 1 aliphatic carbocycles. The highest BCUT2D eigenvalue weighted by Crippen LogP contribution is 2.23. The van der Waals surface area contributed by atoms with Crippen LogP contribution in [0.25, 0.3) is 0 Å². The number of hydrogen-bond acceptors (Lipinski definition) is 1. The Morgan fingerprint density at radius 3 is 2.57 bits per heavy atom. The fourth-order valence-electron chi connectivity index (χ4n) is 3.30. The van der Waals surface area contributed by atoms with E-state index in [2.05, 4.69) is 43.7 Å². The van der Waals surface area contributed by atoms with E-state index in [1.54, 1.807) is 0 Å². The summed E-state index contributed by atoms with van der Waals surface area (Å²) in [6.45, 7) is 0.862. The Hall–Kier alpha value is -2.13. The monoisotopic (exact) mass is 309 g/mol. The van der Waals surface area contributed by atoms with Crippen LogP contribution in [0.2, 0.25) is 0 Å². The molecule has 3 nitrogen and oxygen atoms in total. The second-order valence-corrected chi connectivity index (χ2v) is 6.69. The zero-order chi connectivity index (χ0) is 16.2. The highest BCUT2D eigenvalue weighted by molar-refractivity contribution is 5.94. The molecule has 2 aromatic rings. The van der Waals surface area contributed by atoms with Crippen molar-refractivity contribution in [3.05, 3.63) is 70.8 Å². The number of nitrogens with one attached hydrogen (secondary N) is 2. The van der Waals surface area contributed by atoms with Gasteiger partial charge in [0.25, 0.3) is 5.91 Å². The molecule has 0 heterocycles. The number of hydrogen-bond donors (Lipinski definition) is 2. The van der Waals surface area contributed by atoms with E-state index >= 15 is 0 Å². The molecule has 1 amide bonds. The van der Waals surface area contributed by atoms with Crippen LogP contribution in [-0.2, 0) is 12.8 Å². The fourth-order valence-corrected chi connectivity index (χ4v) is 3.30. The summed E-state index contributed by atoms with van der Waals surface area (Å²) in [5, 5.41) is 3.21. The van der Waals surface area contributed by atoms with Gasteiger partial charge >= 0.3 is 0 Å². The summed E-state index contributed by atoms with van der Waals surface area (Å²) < 4.78 is 0. The van der Waals surface area contributed by atoms with Gasteiger partial charge in [-0.25, -0.2) is 0 Å². The Morgan fingerprint density at radius 2 is 1.83 bits per heavy atom. The van der Waals surface area contributed by atoms with Gasteiger partial charge in [-0.15, -0.1) is 0 Å². The summed E-state index contributed by atoms with van der Waals surface area (Å²) in [5.41, 5.74) is 4.68. The van der Waals surface area contributed by atoms with Gasteiger partial charge in [0.2, 0.25) is 0 Å². The SMILES string of the molecule is C[NH+](C)C[C@@H](NC(=O)c1ccc2c(c1)CCC2)c1ccccc1. The van der Waals surface area contributed by atoms with Crippen LogP contribution in [0.4, 0.5) is 0 Å². The minimum atomic E-state index is 0.0230. The summed E-state index contributed by atoms with van der Waals surface area (Å²) in [6.07, 6.45) is 3.45. The highest BCUT2D eigenvalue weighted by Gasteiger charge is 2.20. The molecule has 0 aromatic heterocycles. The van der Waals surface area contributed by atoms with Gasteiger partial charge in [0.05, 0.1) is 14.1 Å². The number of benzene rings is 2. The van der Waals surface area contributed by atoms with E-state index in [4.69, 9.17) is 0 Å². The van der Waals surface area contributed by atoms with Crippen LogP contribution in [0, 0.1) is 0 Å². The van der Waals surface area contributed by atoms with E-state index in [0.29, 0.717) is 0 Å². The van der Waals surface area contributed by atoms with Crippen molar-refractivity contribution in [1.29, 1.82) is 0 Å². The Bertz CT molecular complexity index is 679. The molecule has 23 heavy (non-hydrogen) atoms. The molecule has 0 unspecified atom stereocenters. The van der Waals surface area contributed by atoms with Gasteiger partial charge in [-0.3, -0.25) is 4.79 Å². The van der Waals surface area contributed by atoms with Crippen molar-refractivity contribution in [2.24, 2.45) is 0 Å². The van der Waals surface area contributed by atoms with E-state index in [1.165, 1.54) is 22.4 Å². The molecule has 0 radical (unpaired) electrons. The Morgan fingerprint density at radius 1 is 1.09 bits per heavy atom. The Kier molecular flexibility index (Phi) is 4.77. The average Bonchev–Trinajstić information content (AvgIpc) is 3.02. The van der Waals surface area contributed by atoms with Crippen LogP contribution >= 0.6 is 0 Å². The van der Waals surface area contributed by atoms with Gasteiger partial charge in [-0.05, 0) is 48.1 Å². The number of quaternary nitrogens is 1. The fraction of sp³-hybridized carbons (Fsp3) is 0.350. The smallest absolute Gasteiger partial charge is 0.251 e. The zero-order valence-corrected chi connectivity index (χ0v) is 13.9. The number of carbonyl (C=O) groups is 1. The van der Waals surface area contributed by atoms with E-state index in [-0.39, 0.29) is 11.9 Å². The van der Waals surface area contributed by atoms with Crippen molar-refractivity contribution in [2.75, 3.05) is 20.6 Å². The molecule has 0 saturated heterocycles. The second kappa shape index (κ2) is 6.97. The molecule has 0 saturated carbocycles. The maximum absolute atomic E-state index is 12.7. The summed E-state index contributed by atoms with van der Waals surface area (Å²) in [7, 11) is 4.22. The zero-order valence-electron chi connectivity index (χ0n) is 13.9. The predicted molar refractivity (Wildman–Crippen MR) is 92.8 cm³/mol. The van der Waals surface area contributed by atoms with Crippen molar-refractivity contribution in [1.82, 2.24) is 5.32 Å². The van der Waals surface area contributed by atoms with Crippen LogP contribution in [0.5, 0.6) is 0 Å². The molecule has 0 spiro atoms. The molecule has 3 rings (SSSR count). The topological polar surface area (TPSA) is 33.5 Å². The molecule has 2 aromatic carbocycles. The predicted octanol–water partition coefficient (Wildman–Crippen LogP) is 1.79. The first-order chi connectivity index (χ1) is 11.1. The lowest BCUT2D eigenvalue weighted by Gasteiger charge is -2.21. The molecular weight excluding hydrogens is 284 g/mol. The molecule has 1 aliphatic rings. The minimum absolute atomic E-state index is 0.0230. The molecule has 0 fully saturated rings. The number of fused-ring (bicyclic) bond motifs is 1. The largest absolute Gasteiger partial charge is 0.340 e. The van der Waals surface area contributed by atoms with Crippen LogP contribution in [0.3, 0.4) is 0 Å². The summed E-state index contributed by atoms with van der Waals surface area (Å²) in [5.74, 6) is 0.0230. The van der Waals surface area contributed by atoms with E-state index < -0.39 is 0 Å². The van der Waals surface area contributed by atoms with Crippen molar-refractivity contribution < 1.29 is 9.69 Å².